The van der Waals surface area contributed by atoms with Gasteiger partial charge in [0.05, 0.1) is 6.04 Å². The summed E-state index contributed by atoms with van der Waals surface area (Å²) in [6, 6.07) is 6.40. The van der Waals surface area contributed by atoms with Gasteiger partial charge < -0.3 is 5.32 Å². The van der Waals surface area contributed by atoms with Gasteiger partial charge in [-0.3, -0.25) is 4.79 Å². The lowest BCUT2D eigenvalue weighted by molar-refractivity contribution is -0.119. The van der Waals surface area contributed by atoms with Gasteiger partial charge in [0.2, 0.25) is 5.91 Å². The molecular weight excluding hydrogens is 242 g/mol. The first kappa shape index (κ1) is 9.71. The van der Waals surface area contributed by atoms with Gasteiger partial charge in [-0.05, 0) is 36.6 Å². The number of amides is 1. The van der Waals surface area contributed by atoms with Crippen molar-refractivity contribution in [3.63, 3.8) is 0 Å². The summed E-state index contributed by atoms with van der Waals surface area (Å²) in [5.74, 6) is 0.164. The highest BCUT2D eigenvalue weighted by atomic mass is 79.9. The number of benzene rings is 1. The summed E-state index contributed by atoms with van der Waals surface area (Å²) in [7, 11) is 0. The Kier molecular flexibility index (Phi) is 2.59. The summed E-state index contributed by atoms with van der Waals surface area (Å²) < 4.78 is 1.09. The molecule has 1 aromatic rings. The van der Waals surface area contributed by atoms with Crippen LogP contribution < -0.4 is 5.32 Å². The Hall–Kier alpha value is -0.830. The average Bonchev–Trinajstić information content (AvgIpc) is 2.51. The third-order valence-corrected chi connectivity index (χ3v) is 3.10. The van der Waals surface area contributed by atoms with Crippen molar-refractivity contribution in [2.75, 3.05) is 0 Å². The summed E-state index contributed by atoms with van der Waals surface area (Å²) in [4.78, 5) is 11.1. The Morgan fingerprint density at radius 3 is 2.86 bits per heavy atom. The molecule has 1 fully saturated rings. The van der Waals surface area contributed by atoms with Gasteiger partial charge >= 0.3 is 0 Å². The molecule has 1 heterocycles. The van der Waals surface area contributed by atoms with Crippen LogP contribution in [0.15, 0.2) is 22.7 Å². The topological polar surface area (TPSA) is 29.1 Å². The molecule has 1 aliphatic heterocycles. The smallest absolute Gasteiger partial charge is 0.220 e. The number of hydrogen-bond acceptors (Lipinski definition) is 1. The van der Waals surface area contributed by atoms with E-state index in [-0.39, 0.29) is 11.9 Å². The van der Waals surface area contributed by atoms with Gasteiger partial charge in [-0.2, -0.15) is 0 Å². The van der Waals surface area contributed by atoms with Gasteiger partial charge in [-0.25, -0.2) is 0 Å². The highest BCUT2D eigenvalue weighted by molar-refractivity contribution is 9.10. The minimum atomic E-state index is 0.164. The van der Waals surface area contributed by atoms with E-state index < -0.39 is 0 Å². The number of hydrogen-bond donors (Lipinski definition) is 1. The molecule has 0 unspecified atom stereocenters. The van der Waals surface area contributed by atoms with Crippen LogP contribution in [0, 0.1) is 6.92 Å². The Labute approximate surface area is 91.8 Å². The fourth-order valence-electron chi connectivity index (χ4n) is 1.88. The lowest BCUT2D eigenvalue weighted by Crippen LogP contribution is -2.18. The highest BCUT2D eigenvalue weighted by Gasteiger charge is 2.23. The lowest BCUT2D eigenvalue weighted by Gasteiger charge is -2.13. The van der Waals surface area contributed by atoms with Gasteiger partial charge in [0.1, 0.15) is 0 Å². The van der Waals surface area contributed by atoms with Crippen LogP contribution in [0.3, 0.4) is 0 Å². The number of nitrogens with one attached hydrogen (secondary N) is 1. The van der Waals surface area contributed by atoms with Crippen molar-refractivity contribution in [2.24, 2.45) is 0 Å². The zero-order valence-electron chi connectivity index (χ0n) is 8.01. The molecule has 2 rings (SSSR count). The second kappa shape index (κ2) is 3.73. The number of halogens is 1. The molecule has 74 valence electrons. The third kappa shape index (κ3) is 1.82. The predicted octanol–water partition coefficient (Wildman–Crippen LogP) is 2.71. The van der Waals surface area contributed by atoms with Crippen molar-refractivity contribution in [3.8, 4) is 0 Å². The Morgan fingerprint density at radius 2 is 2.29 bits per heavy atom. The molecule has 3 heteroatoms. The van der Waals surface area contributed by atoms with Crippen LogP contribution in [0.1, 0.15) is 30.0 Å². The first-order chi connectivity index (χ1) is 6.66. The van der Waals surface area contributed by atoms with E-state index in [2.05, 4.69) is 40.3 Å². The molecule has 1 saturated heterocycles. The molecule has 0 saturated carbocycles. The van der Waals surface area contributed by atoms with Crippen LogP contribution in [0.25, 0.3) is 0 Å². The van der Waals surface area contributed by atoms with Crippen molar-refractivity contribution < 1.29 is 4.79 Å². The molecule has 0 bridgehead atoms. The van der Waals surface area contributed by atoms with Gasteiger partial charge in [0.15, 0.2) is 0 Å². The van der Waals surface area contributed by atoms with E-state index in [1.54, 1.807) is 0 Å². The van der Waals surface area contributed by atoms with Crippen LogP contribution in [-0.4, -0.2) is 5.91 Å². The monoisotopic (exact) mass is 253 g/mol. The summed E-state index contributed by atoms with van der Waals surface area (Å²) >= 11 is 3.43. The summed E-state index contributed by atoms with van der Waals surface area (Å²) in [6.45, 7) is 2.07. The fraction of sp³-hybridized carbons (Fsp3) is 0.364. The Morgan fingerprint density at radius 1 is 1.50 bits per heavy atom. The van der Waals surface area contributed by atoms with E-state index >= 15 is 0 Å². The molecule has 0 aromatic heterocycles. The van der Waals surface area contributed by atoms with Crippen LogP contribution in [0.5, 0.6) is 0 Å². The minimum Gasteiger partial charge on any atom is -0.349 e. The van der Waals surface area contributed by atoms with Crippen LogP contribution in [0.2, 0.25) is 0 Å². The summed E-state index contributed by atoms with van der Waals surface area (Å²) in [5.41, 5.74) is 2.46. The van der Waals surface area contributed by atoms with E-state index in [1.165, 1.54) is 11.1 Å². The number of carbonyl (C=O) groups excluding carboxylic acids is 1. The quantitative estimate of drug-likeness (QED) is 0.820. The molecule has 1 aliphatic rings. The van der Waals surface area contributed by atoms with Crippen LogP contribution in [0.4, 0.5) is 0 Å². The largest absolute Gasteiger partial charge is 0.349 e. The van der Waals surface area contributed by atoms with Gasteiger partial charge in [0.25, 0.3) is 0 Å². The number of aryl methyl sites for hydroxylation is 1. The van der Waals surface area contributed by atoms with Crippen molar-refractivity contribution in [2.45, 2.75) is 25.8 Å². The molecule has 1 atom stereocenters. The normalized spacial score (nSPS) is 21.0. The second-order valence-corrected chi connectivity index (χ2v) is 4.58. The molecular formula is C11H12BrNO. The maximum atomic E-state index is 11.1. The molecule has 1 amide bonds. The molecule has 0 spiro atoms. The zero-order chi connectivity index (χ0) is 10.1. The third-order valence-electron chi connectivity index (χ3n) is 2.60. The van der Waals surface area contributed by atoms with E-state index in [1.807, 2.05) is 6.07 Å². The highest BCUT2D eigenvalue weighted by Crippen LogP contribution is 2.27. The van der Waals surface area contributed by atoms with E-state index in [0.29, 0.717) is 6.42 Å². The molecule has 2 nitrogen and oxygen atoms in total. The first-order valence-electron chi connectivity index (χ1n) is 4.72. The average molecular weight is 254 g/mol. The van der Waals surface area contributed by atoms with Crippen LogP contribution in [-0.2, 0) is 4.79 Å². The standard InChI is InChI=1S/C11H12BrNO/c1-7-6-8(12)2-3-9(7)10-4-5-11(14)13-10/h2-3,6,10H,4-5H2,1H3,(H,13,14)/t10-/m1/s1. The van der Waals surface area contributed by atoms with Crippen molar-refractivity contribution >= 4 is 21.8 Å². The van der Waals surface area contributed by atoms with Gasteiger partial charge in [-0.15, -0.1) is 0 Å². The molecule has 0 aliphatic carbocycles. The summed E-state index contributed by atoms with van der Waals surface area (Å²) in [5, 5.41) is 2.98. The molecule has 1 aromatic carbocycles. The predicted molar refractivity (Wildman–Crippen MR) is 59.0 cm³/mol. The first-order valence-corrected chi connectivity index (χ1v) is 5.51. The van der Waals surface area contributed by atoms with Gasteiger partial charge in [-0.1, -0.05) is 22.0 Å². The maximum Gasteiger partial charge on any atom is 0.220 e. The lowest BCUT2D eigenvalue weighted by atomic mass is 10.0. The van der Waals surface area contributed by atoms with E-state index in [9.17, 15) is 4.79 Å². The minimum absolute atomic E-state index is 0.164. The molecule has 1 N–H and O–H groups in total. The number of rotatable bonds is 1. The molecule has 14 heavy (non-hydrogen) atoms. The maximum absolute atomic E-state index is 11.1. The fourth-order valence-corrected chi connectivity index (χ4v) is 2.35. The van der Waals surface area contributed by atoms with E-state index in [0.717, 1.165) is 10.9 Å². The Bertz CT molecular complexity index is 376. The zero-order valence-corrected chi connectivity index (χ0v) is 9.60. The molecule has 0 radical (unpaired) electrons. The Balaban J connectivity index is 2.28. The SMILES string of the molecule is Cc1cc(Br)ccc1[C@H]1CCC(=O)N1. The van der Waals surface area contributed by atoms with Crippen molar-refractivity contribution in [1.29, 1.82) is 0 Å². The second-order valence-electron chi connectivity index (χ2n) is 3.66. The van der Waals surface area contributed by atoms with E-state index in [4.69, 9.17) is 0 Å². The van der Waals surface area contributed by atoms with Crippen LogP contribution >= 0.6 is 15.9 Å². The van der Waals surface area contributed by atoms with Crippen molar-refractivity contribution in [1.82, 2.24) is 5.32 Å². The van der Waals surface area contributed by atoms with Gasteiger partial charge in [0, 0.05) is 10.9 Å². The summed E-state index contributed by atoms with van der Waals surface area (Å²) in [6.07, 6.45) is 1.57. The van der Waals surface area contributed by atoms with Crippen molar-refractivity contribution in [3.05, 3.63) is 33.8 Å². The number of carbonyl (C=O) groups is 1.